The normalized spacial score (nSPS) is 13.8. The molecule has 0 aliphatic rings. The number of nitrogens with zero attached hydrogens (tertiary/aromatic N) is 1. The molecule has 0 unspecified atom stereocenters. The summed E-state index contributed by atoms with van der Waals surface area (Å²) in [6, 6.07) is 0. The third-order valence-electron chi connectivity index (χ3n) is 1.21. The average Bonchev–Trinajstić information content (AvgIpc) is 1.79. The Hall–Kier alpha value is -0.500. The van der Waals surface area contributed by atoms with Crippen LogP contribution in [0.1, 0.15) is 27.7 Å². The number of ether oxygens (including phenoxy) is 1. The van der Waals surface area contributed by atoms with Crippen molar-refractivity contribution in [3.05, 3.63) is 11.8 Å². The van der Waals surface area contributed by atoms with Crippen molar-refractivity contribution in [2.75, 3.05) is 20.6 Å². The van der Waals surface area contributed by atoms with E-state index < -0.39 is 0 Å². The van der Waals surface area contributed by atoms with Crippen LogP contribution in [0.4, 0.5) is 0 Å². The van der Waals surface area contributed by atoms with Gasteiger partial charge in [-0.2, -0.15) is 0 Å². The second kappa shape index (κ2) is 4.51. The molecule has 72 valence electrons. The molecule has 0 aromatic heterocycles. The lowest BCUT2D eigenvalue weighted by molar-refractivity contribution is 0.0525. The summed E-state index contributed by atoms with van der Waals surface area (Å²) >= 11 is 0. The Kier molecular flexibility index (Phi) is 4.32. The third-order valence-corrected chi connectivity index (χ3v) is 1.21. The molecule has 0 aromatic rings. The Morgan fingerprint density at radius 3 is 2.17 bits per heavy atom. The topological polar surface area (TPSA) is 12.5 Å². The van der Waals surface area contributed by atoms with Gasteiger partial charge in [0.15, 0.2) is 0 Å². The van der Waals surface area contributed by atoms with E-state index in [0.29, 0.717) is 0 Å². The van der Waals surface area contributed by atoms with Crippen LogP contribution in [0.15, 0.2) is 11.8 Å². The van der Waals surface area contributed by atoms with Gasteiger partial charge in [-0.05, 0) is 47.9 Å². The fraction of sp³-hybridized carbons (Fsp3) is 0.800. The van der Waals surface area contributed by atoms with E-state index >= 15 is 0 Å². The molecule has 0 aromatic carbocycles. The molecule has 2 nitrogen and oxygen atoms in total. The molecular formula is C10H21NO. The summed E-state index contributed by atoms with van der Waals surface area (Å²) in [6.07, 6.45) is 2.09. The van der Waals surface area contributed by atoms with E-state index in [2.05, 4.69) is 31.7 Å². The monoisotopic (exact) mass is 171 g/mol. The summed E-state index contributed by atoms with van der Waals surface area (Å²) < 4.78 is 5.62. The zero-order valence-electron chi connectivity index (χ0n) is 9.14. The maximum Gasteiger partial charge on any atom is 0.100 e. The van der Waals surface area contributed by atoms with Gasteiger partial charge < -0.3 is 9.64 Å². The zero-order chi connectivity index (χ0) is 9.78. The Morgan fingerprint density at radius 1 is 1.33 bits per heavy atom. The summed E-state index contributed by atoms with van der Waals surface area (Å²) in [5.74, 6) is 0.996. The highest BCUT2D eigenvalue weighted by Gasteiger charge is 2.10. The van der Waals surface area contributed by atoms with Crippen molar-refractivity contribution in [3.8, 4) is 0 Å². The maximum atomic E-state index is 5.62. The van der Waals surface area contributed by atoms with E-state index in [1.54, 1.807) is 0 Å². The lowest BCUT2D eigenvalue weighted by Gasteiger charge is -2.22. The van der Waals surface area contributed by atoms with Gasteiger partial charge in [0.05, 0.1) is 5.76 Å². The van der Waals surface area contributed by atoms with Gasteiger partial charge in [0, 0.05) is 6.54 Å². The molecule has 0 aliphatic carbocycles. The first-order valence-electron chi connectivity index (χ1n) is 4.32. The molecule has 0 bridgehead atoms. The molecule has 0 N–H and O–H groups in total. The van der Waals surface area contributed by atoms with Crippen LogP contribution < -0.4 is 0 Å². The quantitative estimate of drug-likeness (QED) is 0.604. The molecule has 0 fully saturated rings. The Labute approximate surface area is 76.2 Å². The smallest absolute Gasteiger partial charge is 0.100 e. The molecule has 0 atom stereocenters. The molecule has 2 heteroatoms. The molecule has 0 radical (unpaired) electrons. The number of hydrogen-bond acceptors (Lipinski definition) is 2. The van der Waals surface area contributed by atoms with Crippen LogP contribution in [0.2, 0.25) is 0 Å². The summed E-state index contributed by atoms with van der Waals surface area (Å²) in [4.78, 5) is 2.11. The standard InChI is InChI=1S/C10H21NO/c1-9(7-8-11(5)6)12-10(2,3)4/h7H,8H2,1-6H3/b9-7+. The van der Waals surface area contributed by atoms with Crippen molar-refractivity contribution in [2.24, 2.45) is 0 Å². The highest BCUT2D eigenvalue weighted by atomic mass is 16.5. The minimum atomic E-state index is -0.0765. The van der Waals surface area contributed by atoms with E-state index in [-0.39, 0.29) is 5.60 Å². The van der Waals surface area contributed by atoms with Crippen molar-refractivity contribution in [1.82, 2.24) is 4.90 Å². The highest BCUT2D eigenvalue weighted by molar-refractivity contribution is 4.92. The van der Waals surface area contributed by atoms with Crippen molar-refractivity contribution in [3.63, 3.8) is 0 Å². The van der Waals surface area contributed by atoms with Crippen molar-refractivity contribution in [2.45, 2.75) is 33.3 Å². The number of allylic oxidation sites excluding steroid dienone is 1. The molecular weight excluding hydrogens is 150 g/mol. The highest BCUT2D eigenvalue weighted by Crippen LogP contribution is 2.12. The number of hydrogen-bond donors (Lipinski definition) is 0. The molecule has 0 saturated heterocycles. The average molecular weight is 171 g/mol. The summed E-state index contributed by atoms with van der Waals surface area (Å²) in [7, 11) is 4.09. The van der Waals surface area contributed by atoms with Crippen LogP contribution in [0.25, 0.3) is 0 Å². The second-order valence-electron chi connectivity index (χ2n) is 4.29. The molecule has 0 spiro atoms. The number of likely N-dealkylation sites (N-methyl/N-ethyl adjacent to an activating group) is 1. The fourth-order valence-electron chi connectivity index (χ4n) is 0.836. The van der Waals surface area contributed by atoms with E-state index in [1.165, 1.54) is 0 Å². The lowest BCUT2D eigenvalue weighted by Crippen LogP contribution is -2.19. The van der Waals surface area contributed by atoms with Gasteiger partial charge in [-0.15, -0.1) is 0 Å². The van der Waals surface area contributed by atoms with E-state index in [0.717, 1.165) is 12.3 Å². The van der Waals surface area contributed by atoms with Gasteiger partial charge in [-0.1, -0.05) is 0 Å². The van der Waals surface area contributed by atoms with Crippen LogP contribution in [0, 0.1) is 0 Å². The van der Waals surface area contributed by atoms with Gasteiger partial charge in [0.25, 0.3) is 0 Å². The molecule has 0 heterocycles. The van der Waals surface area contributed by atoms with Crippen LogP contribution in [-0.4, -0.2) is 31.1 Å². The van der Waals surface area contributed by atoms with Crippen LogP contribution in [0.3, 0.4) is 0 Å². The Balaban J connectivity index is 3.86. The first kappa shape index (κ1) is 11.5. The zero-order valence-corrected chi connectivity index (χ0v) is 9.14. The largest absolute Gasteiger partial charge is 0.493 e. The molecule has 0 saturated carbocycles. The molecule has 12 heavy (non-hydrogen) atoms. The van der Waals surface area contributed by atoms with E-state index in [4.69, 9.17) is 4.74 Å². The summed E-state index contributed by atoms with van der Waals surface area (Å²) in [5, 5.41) is 0. The number of rotatable bonds is 3. The third kappa shape index (κ3) is 7.61. The van der Waals surface area contributed by atoms with Crippen LogP contribution in [0.5, 0.6) is 0 Å². The fourth-order valence-corrected chi connectivity index (χ4v) is 0.836. The van der Waals surface area contributed by atoms with E-state index in [9.17, 15) is 0 Å². The maximum absolute atomic E-state index is 5.62. The Bertz CT molecular complexity index is 154. The molecule has 0 aliphatic heterocycles. The first-order valence-corrected chi connectivity index (χ1v) is 4.32. The van der Waals surface area contributed by atoms with Crippen LogP contribution >= 0.6 is 0 Å². The molecule has 0 rings (SSSR count). The van der Waals surface area contributed by atoms with Gasteiger partial charge in [0.1, 0.15) is 5.60 Å². The van der Waals surface area contributed by atoms with Gasteiger partial charge in [0.2, 0.25) is 0 Å². The Morgan fingerprint density at radius 2 is 1.83 bits per heavy atom. The first-order chi connectivity index (χ1) is 5.31. The summed E-state index contributed by atoms with van der Waals surface area (Å²) in [5.41, 5.74) is -0.0765. The van der Waals surface area contributed by atoms with Crippen molar-refractivity contribution >= 4 is 0 Å². The summed E-state index contributed by atoms with van der Waals surface area (Å²) in [6.45, 7) is 9.09. The van der Waals surface area contributed by atoms with Crippen molar-refractivity contribution in [1.29, 1.82) is 0 Å². The SMILES string of the molecule is C/C(=C\CN(C)C)OC(C)(C)C. The molecule has 0 amide bonds. The van der Waals surface area contributed by atoms with Gasteiger partial charge in [-0.25, -0.2) is 0 Å². The minimum absolute atomic E-state index is 0.0765. The van der Waals surface area contributed by atoms with Crippen molar-refractivity contribution < 1.29 is 4.74 Å². The second-order valence-corrected chi connectivity index (χ2v) is 4.29. The minimum Gasteiger partial charge on any atom is -0.493 e. The van der Waals surface area contributed by atoms with Gasteiger partial charge >= 0.3 is 0 Å². The van der Waals surface area contributed by atoms with Gasteiger partial charge in [-0.3, -0.25) is 0 Å². The predicted molar refractivity (Wildman–Crippen MR) is 53.1 cm³/mol. The van der Waals surface area contributed by atoms with Crippen LogP contribution in [-0.2, 0) is 4.74 Å². The van der Waals surface area contributed by atoms with E-state index in [1.807, 2.05) is 21.0 Å². The predicted octanol–water partition coefficient (Wildman–Crippen LogP) is 2.27. The lowest BCUT2D eigenvalue weighted by atomic mass is 10.2.